The van der Waals surface area contributed by atoms with Crippen LogP contribution in [0, 0.1) is 0 Å². The molecule has 100 valence electrons. The van der Waals surface area contributed by atoms with E-state index in [9.17, 15) is 9.59 Å². The largest absolute Gasteiger partial charge is 0.456 e. The van der Waals surface area contributed by atoms with Crippen molar-refractivity contribution in [2.24, 2.45) is 0 Å². The minimum atomic E-state index is -0.420. The molecule has 20 heavy (non-hydrogen) atoms. The van der Waals surface area contributed by atoms with Gasteiger partial charge in [-0.2, -0.15) is 0 Å². The molecule has 0 spiro atoms. The Balaban J connectivity index is 2.32. The van der Waals surface area contributed by atoms with E-state index in [0.717, 1.165) is 4.47 Å². The molecule has 4 nitrogen and oxygen atoms in total. The number of hydrogen-bond acceptors (Lipinski definition) is 4. The van der Waals surface area contributed by atoms with Crippen LogP contribution in [-0.2, 0) is 4.79 Å². The zero-order valence-electron chi connectivity index (χ0n) is 10.5. The lowest BCUT2D eigenvalue weighted by molar-refractivity contribution is -0.131. The minimum absolute atomic E-state index is 0.114. The van der Waals surface area contributed by atoms with Crippen LogP contribution < -0.4 is 10.2 Å². The maximum atomic E-state index is 12.4. The Morgan fingerprint density at radius 3 is 2.65 bits per heavy atom. The monoisotopic (exact) mass is 332 g/mol. The van der Waals surface area contributed by atoms with Crippen LogP contribution in [0.15, 0.2) is 50.1 Å². The lowest BCUT2D eigenvalue weighted by atomic mass is 10.1. The normalized spacial score (nSPS) is 10.9. The second-order valence-corrected chi connectivity index (χ2v) is 5.24. The number of benzene rings is 2. The second-order valence-electron chi connectivity index (χ2n) is 4.32. The maximum absolute atomic E-state index is 12.4. The fourth-order valence-corrected chi connectivity index (χ4v) is 2.40. The van der Waals surface area contributed by atoms with E-state index >= 15 is 0 Å². The standard InChI is InChI=1S/C15H9BrO4/c1-8(17)19-10-3-4-11-14(7-10)20-13-5-2-9(16)6-12(13)15(11)18/h2-7H,1H3. The van der Waals surface area contributed by atoms with Gasteiger partial charge in [0.1, 0.15) is 16.9 Å². The molecule has 3 rings (SSSR count). The summed E-state index contributed by atoms with van der Waals surface area (Å²) in [6.45, 7) is 1.32. The first kappa shape index (κ1) is 12.9. The third kappa shape index (κ3) is 2.20. The molecule has 0 aliphatic heterocycles. The Labute approximate surface area is 122 Å². The van der Waals surface area contributed by atoms with Crippen LogP contribution >= 0.6 is 15.9 Å². The molecule has 1 heterocycles. The van der Waals surface area contributed by atoms with E-state index in [-0.39, 0.29) is 5.43 Å². The van der Waals surface area contributed by atoms with Crippen molar-refractivity contribution in [1.82, 2.24) is 0 Å². The Bertz CT molecular complexity index is 895. The highest BCUT2D eigenvalue weighted by Crippen LogP contribution is 2.24. The SMILES string of the molecule is CC(=O)Oc1ccc2c(=O)c3cc(Br)ccc3oc2c1. The molecule has 0 atom stereocenters. The summed E-state index contributed by atoms with van der Waals surface area (Å²) in [5, 5.41) is 0.957. The Morgan fingerprint density at radius 2 is 1.90 bits per heavy atom. The lowest BCUT2D eigenvalue weighted by Crippen LogP contribution is -2.04. The van der Waals surface area contributed by atoms with Crippen molar-refractivity contribution in [3.05, 3.63) is 51.1 Å². The van der Waals surface area contributed by atoms with Gasteiger partial charge in [-0.05, 0) is 30.3 Å². The first-order valence-electron chi connectivity index (χ1n) is 5.89. The molecule has 0 aliphatic rings. The number of carbonyl (C=O) groups is 1. The Kier molecular flexibility index (Phi) is 3.06. The number of ether oxygens (including phenoxy) is 1. The van der Waals surface area contributed by atoms with Gasteiger partial charge in [-0.1, -0.05) is 15.9 Å². The van der Waals surface area contributed by atoms with Crippen molar-refractivity contribution < 1.29 is 13.9 Å². The molecule has 0 saturated heterocycles. The summed E-state index contributed by atoms with van der Waals surface area (Å²) in [5.41, 5.74) is 0.770. The van der Waals surface area contributed by atoms with Gasteiger partial charge in [0.05, 0.1) is 10.8 Å². The zero-order valence-corrected chi connectivity index (χ0v) is 12.1. The third-order valence-corrected chi connectivity index (χ3v) is 3.36. The number of carbonyl (C=O) groups excluding carboxylic acids is 1. The molecular formula is C15H9BrO4. The molecule has 0 amide bonds. The van der Waals surface area contributed by atoms with Crippen molar-refractivity contribution >= 4 is 43.8 Å². The molecule has 0 radical (unpaired) electrons. The summed E-state index contributed by atoms with van der Waals surface area (Å²) in [5.74, 6) is -0.0685. The van der Waals surface area contributed by atoms with Crippen molar-refractivity contribution in [1.29, 1.82) is 0 Å². The predicted octanol–water partition coefficient (Wildman–Crippen LogP) is 3.63. The highest BCUT2D eigenvalue weighted by atomic mass is 79.9. The van der Waals surface area contributed by atoms with Gasteiger partial charge in [0.15, 0.2) is 0 Å². The van der Waals surface area contributed by atoms with E-state index in [1.807, 2.05) is 0 Å². The molecular weight excluding hydrogens is 324 g/mol. The Hall–Kier alpha value is -2.14. The van der Waals surface area contributed by atoms with Gasteiger partial charge in [-0.25, -0.2) is 0 Å². The fourth-order valence-electron chi connectivity index (χ4n) is 2.04. The van der Waals surface area contributed by atoms with Gasteiger partial charge in [0.2, 0.25) is 5.43 Å². The van der Waals surface area contributed by atoms with E-state index in [2.05, 4.69) is 15.9 Å². The minimum Gasteiger partial charge on any atom is -0.456 e. The summed E-state index contributed by atoms with van der Waals surface area (Å²) < 4.78 is 11.5. The smallest absolute Gasteiger partial charge is 0.308 e. The molecule has 0 N–H and O–H groups in total. The number of halogens is 1. The van der Waals surface area contributed by atoms with E-state index in [4.69, 9.17) is 9.15 Å². The first-order valence-corrected chi connectivity index (χ1v) is 6.68. The average molecular weight is 333 g/mol. The quantitative estimate of drug-likeness (QED) is 0.388. The molecule has 0 fully saturated rings. The molecule has 3 aromatic rings. The lowest BCUT2D eigenvalue weighted by Gasteiger charge is -2.04. The highest BCUT2D eigenvalue weighted by molar-refractivity contribution is 9.10. The van der Waals surface area contributed by atoms with E-state index in [1.165, 1.54) is 6.92 Å². The third-order valence-electron chi connectivity index (χ3n) is 2.87. The predicted molar refractivity (Wildman–Crippen MR) is 79.0 cm³/mol. The number of rotatable bonds is 1. The molecule has 0 bridgehead atoms. The van der Waals surface area contributed by atoms with Gasteiger partial charge in [-0.15, -0.1) is 0 Å². The molecule has 5 heteroatoms. The van der Waals surface area contributed by atoms with Crippen LogP contribution in [0.2, 0.25) is 0 Å². The highest BCUT2D eigenvalue weighted by Gasteiger charge is 2.09. The van der Waals surface area contributed by atoms with Crippen LogP contribution in [0.5, 0.6) is 5.75 Å². The molecule has 0 saturated carbocycles. The van der Waals surface area contributed by atoms with Gasteiger partial charge < -0.3 is 9.15 Å². The summed E-state index contributed by atoms with van der Waals surface area (Å²) >= 11 is 3.33. The number of hydrogen-bond donors (Lipinski definition) is 0. The maximum Gasteiger partial charge on any atom is 0.308 e. The van der Waals surface area contributed by atoms with Crippen molar-refractivity contribution in [2.45, 2.75) is 6.92 Å². The molecule has 0 unspecified atom stereocenters. The van der Waals surface area contributed by atoms with Gasteiger partial charge in [-0.3, -0.25) is 9.59 Å². The van der Waals surface area contributed by atoms with Crippen LogP contribution in [0.3, 0.4) is 0 Å². The van der Waals surface area contributed by atoms with Crippen molar-refractivity contribution in [3.8, 4) is 5.75 Å². The van der Waals surface area contributed by atoms with Gasteiger partial charge in [0.25, 0.3) is 0 Å². The van der Waals surface area contributed by atoms with Crippen LogP contribution in [-0.4, -0.2) is 5.97 Å². The molecule has 2 aromatic carbocycles. The van der Waals surface area contributed by atoms with Gasteiger partial charge >= 0.3 is 5.97 Å². The Morgan fingerprint density at radius 1 is 1.10 bits per heavy atom. The summed E-state index contributed by atoms with van der Waals surface area (Å²) in [6, 6.07) is 9.95. The van der Waals surface area contributed by atoms with E-state index < -0.39 is 5.97 Å². The average Bonchev–Trinajstić information content (AvgIpc) is 2.39. The first-order chi connectivity index (χ1) is 9.54. The van der Waals surface area contributed by atoms with Crippen molar-refractivity contribution in [3.63, 3.8) is 0 Å². The molecule has 0 aliphatic carbocycles. The number of esters is 1. The van der Waals surface area contributed by atoms with Crippen molar-refractivity contribution in [2.75, 3.05) is 0 Å². The summed E-state index contributed by atoms with van der Waals surface area (Å²) in [7, 11) is 0. The van der Waals surface area contributed by atoms with Crippen LogP contribution in [0.1, 0.15) is 6.92 Å². The van der Waals surface area contributed by atoms with E-state index in [1.54, 1.807) is 36.4 Å². The summed E-state index contributed by atoms with van der Waals surface area (Å²) in [4.78, 5) is 23.3. The second kappa shape index (κ2) is 4.76. The van der Waals surface area contributed by atoms with E-state index in [0.29, 0.717) is 27.7 Å². The van der Waals surface area contributed by atoms with Crippen LogP contribution in [0.4, 0.5) is 0 Å². The summed E-state index contributed by atoms with van der Waals surface area (Å²) in [6.07, 6.45) is 0. The zero-order chi connectivity index (χ0) is 14.3. The molecule has 1 aromatic heterocycles. The fraction of sp³-hybridized carbons (Fsp3) is 0.0667. The topological polar surface area (TPSA) is 56.5 Å². The van der Waals surface area contributed by atoms with Crippen LogP contribution in [0.25, 0.3) is 21.9 Å². The number of fused-ring (bicyclic) bond motifs is 2. The van der Waals surface area contributed by atoms with Gasteiger partial charge in [0, 0.05) is 17.5 Å².